The molecule has 0 aromatic carbocycles. The predicted octanol–water partition coefficient (Wildman–Crippen LogP) is 4.78. The van der Waals surface area contributed by atoms with Crippen LogP contribution in [0.5, 0.6) is 0 Å². The largest absolute Gasteiger partial charge is 0.198 e. The van der Waals surface area contributed by atoms with E-state index in [2.05, 4.69) is 26.8 Å². The van der Waals surface area contributed by atoms with E-state index in [4.69, 9.17) is 5.26 Å². The van der Waals surface area contributed by atoms with Gasteiger partial charge in [0.15, 0.2) is 0 Å². The first-order valence-corrected chi connectivity index (χ1v) is 7.07. The van der Waals surface area contributed by atoms with E-state index in [1.54, 1.807) is 0 Å². The summed E-state index contributed by atoms with van der Waals surface area (Å²) in [6.45, 7) is 6.90. The van der Waals surface area contributed by atoms with E-state index < -0.39 is 0 Å². The first kappa shape index (κ1) is 13.6. The van der Waals surface area contributed by atoms with E-state index in [9.17, 15) is 0 Å². The zero-order valence-corrected chi connectivity index (χ0v) is 11.2. The van der Waals surface area contributed by atoms with Gasteiger partial charge in [-0.1, -0.05) is 33.6 Å². The Morgan fingerprint density at radius 3 is 2.31 bits per heavy atom. The summed E-state index contributed by atoms with van der Waals surface area (Å²) >= 11 is 0. The van der Waals surface area contributed by atoms with Gasteiger partial charge in [-0.25, -0.2) is 0 Å². The van der Waals surface area contributed by atoms with E-state index in [0.717, 1.165) is 30.6 Å². The Morgan fingerprint density at radius 1 is 1.19 bits per heavy atom. The first-order valence-electron chi connectivity index (χ1n) is 7.07. The molecule has 0 N–H and O–H groups in total. The lowest BCUT2D eigenvalue weighted by molar-refractivity contribution is 0.209. The highest BCUT2D eigenvalue weighted by molar-refractivity contribution is 4.83. The summed E-state index contributed by atoms with van der Waals surface area (Å²) in [5.41, 5.74) is 0. The summed E-state index contributed by atoms with van der Waals surface area (Å²) in [6.07, 6.45) is 9.07. The smallest absolute Gasteiger partial charge is 0.0655 e. The second kappa shape index (κ2) is 6.94. The molecule has 0 radical (unpaired) electrons. The van der Waals surface area contributed by atoms with Gasteiger partial charge in [-0.05, 0) is 49.9 Å². The van der Waals surface area contributed by atoms with Gasteiger partial charge in [0.1, 0.15) is 0 Å². The topological polar surface area (TPSA) is 23.8 Å². The normalized spacial score (nSPS) is 29.4. The van der Waals surface area contributed by atoms with Crippen molar-refractivity contribution in [3.8, 4) is 6.07 Å². The van der Waals surface area contributed by atoms with Gasteiger partial charge in [0.25, 0.3) is 0 Å². The van der Waals surface area contributed by atoms with Crippen LogP contribution in [0.25, 0.3) is 0 Å². The minimum Gasteiger partial charge on any atom is -0.198 e. The molecule has 0 bridgehead atoms. The summed E-state index contributed by atoms with van der Waals surface area (Å²) in [7, 11) is 0. The van der Waals surface area contributed by atoms with Crippen LogP contribution < -0.4 is 0 Å². The van der Waals surface area contributed by atoms with Crippen molar-refractivity contribution in [2.75, 3.05) is 0 Å². The second-order valence-corrected chi connectivity index (χ2v) is 5.81. The zero-order valence-electron chi connectivity index (χ0n) is 11.2. The molecule has 92 valence electrons. The Balaban J connectivity index is 2.24. The number of nitriles is 1. The molecule has 1 saturated carbocycles. The summed E-state index contributed by atoms with van der Waals surface area (Å²) in [6, 6.07) is 2.42. The van der Waals surface area contributed by atoms with Crippen LogP contribution in [-0.2, 0) is 0 Å². The molecule has 0 saturated heterocycles. The van der Waals surface area contributed by atoms with E-state index in [0.29, 0.717) is 5.92 Å². The molecule has 0 spiro atoms. The van der Waals surface area contributed by atoms with Gasteiger partial charge < -0.3 is 0 Å². The average Bonchev–Trinajstić information content (AvgIpc) is 2.31. The van der Waals surface area contributed by atoms with Crippen LogP contribution in [0.15, 0.2) is 0 Å². The van der Waals surface area contributed by atoms with Crippen molar-refractivity contribution < 1.29 is 0 Å². The maximum Gasteiger partial charge on any atom is 0.0655 e. The van der Waals surface area contributed by atoms with Gasteiger partial charge in [0.2, 0.25) is 0 Å². The van der Waals surface area contributed by atoms with E-state index in [1.165, 1.54) is 32.1 Å². The Hall–Kier alpha value is -0.510. The molecule has 2 unspecified atom stereocenters. The van der Waals surface area contributed by atoms with Crippen LogP contribution >= 0.6 is 0 Å². The number of nitrogens with zero attached hydrogens (tertiary/aromatic N) is 1. The second-order valence-electron chi connectivity index (χ2n) is 5.81. The molecule has 1 aliphatic rings. The molecule has 2 atom stereocenters. The Morgan fingerprint density at radius 2 is 1.81 bits per heavy atom. The average molecular weight is 221 g/mol. The molecule has 1 aliphatic carbocycles. The van der Waals surface area contributed by atoms with E-state index in [1.807, 2.05) is 0 Å². The van der Waals surface area contributed by atoms with Gasteiger partial charge in [-0.15, -0.1) is 0 Å². The van der Waals surface area contributed by atoms with Crippen molar-refractivity contribution in [1.82, 2.24) is 0 Å². The Labute approximate surface area is 101 Å². The maximum absolute atomic E-state index is 8.93. The van der Waals surface area contributed by atoms with Crippen molar-refractivity contribution in [1.29, 1.82) is 5.26 Å². The molecule has 0 heterocycles. The highest BCUT2D eigenvalue weighted by Gasteiger charge is 2.23. The van der Waals surface area contributed by atoms with E-state index in [-0.39, 0.29) is 0 Å². The van der Waals surface area contributed by atoms with Gasteiger partial charge >= 0.3 is 0 Å². The quantitative estimate of drug-likeness (QED) is 0.655. The summed E-state index contributed by atoms with van der Waals surface area (Å²) < 4.78 is 0. The fraction of sp³-hybridized carbons (Fsp3) is 0.933. The Bertz CT molecular complexity index is 220. The third kappa shape index (κ3) is 4.16. The van der Waals surface area contributed by atoms with Crippen LogP contribution in [0.1, 0.15) is 65.7 Å². The lowest BCUT2D eigenvalue weighted by Gasteiger charge is -2.31. The van der Waals surface area contributed by atoms with Crippen molar-refractivity contribution in [3.63, 3.8) is 0 Å². The first-order chi connectivity index (χ1) is 7.67. The molecule has 1 heteroatoms. The van der Waals surface area contributed by atoms with Crippen molar-refractivity contribution in [2.45, 2.75) is 65.7 Å². The molecule has 1 nitrogen and oxygen atoms in total. The fourth-order valence-electron chi connectivity index (χ4n) is 2.91. The van der Waals surface area contributed by atoms with Gasteiger partial charge in [0.05, 0.1) is 6.07 Å². The minimum absolute atomic E-state index is 0.296. The van der Waals surface area contributed by atoms with Crippen LogP contribution in [0.3, 0.4) is 0 Å². The third-order valence-electron chi connectivity index (χ3n) is 4.51. The highest BCUT2D eigenvalue weighted by Crippen LogP contribution is 2.35. The standard InChI is InChI=1S/C15H27N/c1-4-14(11-16)8-7-13(3)15-9-5-12(2)6-10-15/h12-15H,4-10H2,1-3H3. The Kier molecular flexibility index (Phi) is 5.88. The molecule has 0 aliphatic heterocycles. The summed E-state index contributed by atoms with van der Waals surface area (Å²) in [4.78, 5) is 0. The monoisotopic (exact) mass is 221 g/mol. The van der Waals surface area contributed by atoms with Crippen LogP contribution in [0, 0.1) is 35.0 Å². The molecular formula is C15H27N. The lowest BCUT2D eigenvalue weighted by atomic mass is 9.75. The van der Waals surface area contributed by atoms with E-state index >= 15 is 0 Å². The van der Waals surface area contributed by atoms with Crippen molar-refractivity contribution >= 4 is 0 Å². The molecular weight excluding hydrogens is 194 g/mol. The summed E-state index contributed by atoms with van der Waals surface area (Å²) in [5.74, 6) is 3.01. The number of hydrogen-bond donors (Lipinski definition) is 0. The van der Waals surface area contributed by atoms with Crippen molar-refractivity contribution in [3.05, 3.63) is 0 Å². The van der Waals surface area contributed by atoms with Crippen LogP contribution in [0.2, 0.25) is 0 Å². The molecule has 1 rings (SSSR count). The maximum atomic E-state index is 8.93. The molecule has 16 heavy (non-hydrogen) atoms. The highest BCUT2D eigenvalue weighted by atomic mass is 14.3. The van der Waals surface area contributed by atoms with Gasteiger partial charge in [-0.3, -0.25) is 0 Å². The molecule has 1 fully saturated rings. The lowest BCUT2D eigenvalue weighted by Crippen LogP contribution is -2.19. The minimum atomic E-state index is 0.296. The third-order valence-corrected chi connectivity index (χ3v) is 4.51. The molecule has 0 amide bonds. The molecule has 0 aromatic rings. The fourth-order valence-corrected chi connectivity index (χ4v) is 2.91. The number of rotatable bonds is 5. The van der Waals surface area contributed by atoms with Gasteiger partial charge in [0, 0.05) is 5.92 Å². The van der Waals surface area contributed by atoms with Crippen LogP contribution in [-0.4, -0.2) is 0 Å². The van der Waals surface area contributed by atoms with Crippen molar-refractivity contribution in [2.24, 2.45) is 23.7 Å². The molecule has 0 aromatic heterocycles. The number of hydrogen-bond acceptors (Lipinski definition) is 1. The predicted molar refractivity (Wildman–Crippen MR) is 68.9 cm³/mol. The SMILES string of the molecule is CCC(C#N)CCC(C)C1CCC(C)CC1. The zero-order chi connectivity index (χ0) is 12.0. The summed E-state index contributed by atoms with van der Waals surface area (Å²) in [5, 5.41) is 8.93. The van der Waals surface area contributed by atoms with Gasteiger partial charge in [-0.2, -0.15) is 5.26 Å². The van der Waals surface area contributed by atoms with Crippen LogP contribution in [0.4, 0.5) is 0 Å².